The molecule has 1 fully saturated rings. The largest absolute Gasteiger partial charge is 0.341 e. The van der Waals surface area contributed by atoms with Crippen LogP contribution in [0.4, 0.5) is 5.82 Å². The molecule has 0 saturated heterocycles. The molecule has 0 N–H and O–H groups in total. The van der Waals surface area contributed by atoms with Crippen molar-refractivity contribution in [3.63, 3.8) is 0 Å². The van der Waals surface area contributed by atoms with Gasteiger partial charge in [-0.1, -0.05) is 50.1 Å². The molecule has 1 aliphatic carbocycles. The minimum atomic E-state index is 0.158. The van der Waals surface area contributed by atoms with Gasteiger partial charge in [-0.25, -0.2) is 9.97 Å². The van der Waals surface area contributed by atoms with Crippen molar-refractivity contribution >= 4 is 5.82 Å². The van der Waals surface area contributed by atoms with Crippen LogP contribution in [-0.4, -0.2) is 40.3 Å². The van der Waals surface area contributed by atoms with Gasteiger partial charge in [0.05, 0.1) is 12.2 Å². The summed E-state index contributed by atoms with van der Waals surface area (Å²) in [6, 6.07) is 10.8. The third kappa shape index (κ3) is 2.86. The van der Waals surface area contributed by atoms with Crippen molar-refractivity contribution < 1.29 is 0 Å². The third-order valence-electron chi connectivity index (χ3n) is 6.70. The Morgan fingerprint density at radius 3 is 2.62 bits per heavy atom. The zero-order valence-electron chi connectivity index (χ0n) is 18.4. The molecule has 4 aromatic rings. The maximum Gasteiger partial charge on any atom is 0.237 e. The summed E-state index contributed by atoms with van der Waals surface area (Å²) in [5.74, 6) is 4.30. The van der Waals surface area contributed by atoms with Crippen molar-refractivity contribution in [2.24, 2.45) is 0 Å². The van der Waals surface area contributed by atoms with Gasteiger partial charge in [-0.2, -0.15) is 4.98 Å². The number of hydrogen-bond acceptors (Lipinski definition) is 6. The van der Waals surface area contributed by atoms with Crippen molar-refractivity contribution in [3.8, 4) is 23.0 Å². The molecule has 1 aliphatic heterocycles. The van der Waals surface area contributed by atoms with Crippen LogP contribution >= 0.6 is 0 Å². The number of aryl methyl sites for hydroxylation is 1. The minimum absolute atomic E-state index is 0.158. The number of hydrogen-bond donors (Lipinski definition) is 0. The van der Waals surface area contributed by atoms with E-state index >= 15 is 0 Å². The number of fused-ring (bicyclic) bond motifs is 3. The SMILES string of the molecule is CC[C@@H]1c2nnc(C)n2-c2cnc(-n3ccnc3-c3ccccc3)nc2N1C1CCCC1. The molecule has 4 heterocycles. The molecular formula is C24H26N8. The zero-order valence-corrected chi connectivity index (χ0v) is 18.4. The Morgan fingerprint density at radius 1 is 1.03 bits per heavy atom. The predicted octanol–water partition coefficient (Wildman–Crippen LogP) is 4.43. The van der Waals surface area contributed by atoms with Gasteiger partial charge in [0.25, 0.3) is 0 Å². The number of imidazole rings is 1. The second kappa shape index (κ2) is 7.55. The Labute approximate surface area is 187 Å². The first-order valence-electron chi connectivity index (χ1n) is 11.4. The lowest BCUT2D eigenvalue weighted by molar-refractivity contribution is 0.467. The normalized spacial score (nSPS) is 18.1. The first-order chi connectivity index (χ1) is 15.8. The zero-order chi connectivity index (χ0) is 21.7. The van der Waals surface area contributed by atoms with Crippen LogP contribution in [0.5, 0.6) is 0 Å². The van der Waals surface area contributed by atoms with Gasteiger partial charge in [0.1, 0.15) is 17.3 Å². The summed E-state index contributed by atoms with van der Waals surface area (Å²) in [4.78, 5) is 17.0. The molecule has 3 aromatic heterocycles. The predicted molar refractivity (Wildman–Crippen MR) is 122 cm³/mol. The Morgan fingerprint density at radius 2 is 1.84 bits per heavy atom. The topological polar surface area (TPSA) is 77.5 Å². The maximum absolute atomic E-state index is 5.15. The second-order valence-corrected chi connectivity index (χ2v) is 8.58. The van der Waals surface area contributed by atoms with Crippen molar-refractivity contribution in [1.29, 1.82) is 0 Å². The van der Waals surface area contributed by atoms with Crippen LogP contribution in [0.3, 0.4) is 0 Å². The van der Waals surface area contributed by atoms with Crippen LogP contribution < -0.4 is 4.90 Å². The molecule has 0 spiro atoms. The monoisotopic (exact) mass is 426 g/mol. The van der Waals surface area contributed by atoms with E-state index in [4.69, 9.17) is 9.97 Å². The van der Waals surface area contributed by atoms with Gasteiger partial charge in [-0.3, -0.25) is 9.13 Å². The lowest BCUT2D eigenvalue weighted by Gasteiger charge is -2.41. The summed E-state index contributed by atoms with van der Waals surface area (Å²) in [5, 5.41) is 8.95. The van der Waals surface area contributed by atoms with Crippen LogP contribution in [0, 0.1) is 6.92 Å². The molecule has 2 aliphatic rings. The van der Waals surface area contributed by atoms with E-state index in [1.54, 1.807) is 6.20 Å². The van der Waals surface area contributed by atoms with E-state index < -0.39 is 0 Å². The van der Waals surface area contributed by atoms with Crippen LogP contribution in [0.1, 0.15) is 56.7 Å². The summed E-state index contributed by atoms with van der Waals surface area (Å²) in [7, 11) is 0. The molecule has 0 radical (unpaired) electrons. The standard InChI is InChI=1S/C24H26N8/c1-3-19-23-29-28-16(2)31(23)20-15-26-24(27-22(20)32(19)18-11-7-8-12-18)30-14-13-25-21(30)17-9-5-4-6-10-17/h4-6,9-10,13-15,18-19H,3,7-8,11-12H2,1-2H3/t19-/m1/s1. The molecule has 6 rings (SSSR count). The van der Waals surface area contributed by atoms with Gasteiger partial charge in [0.2, 0.25) is 5.95 Å². The van der Waals surface area contributed by atoms with E-state index in [0.29, 0.717) is 12.0 Å². The van der Waals surface area contributed by atoms with Gasteiger partial charge in [0.15, 0.2) is 11.6 Å². The average Bonchev–Trinajstić information content (AvgIpc) is 3.60. The number of anilines is 1. The molecule has 8 heteroatoms. The van der Waals surface area contributed by atoms with Gasteiger partial charge < -0.3 is 4.90 Å². The third-order valence-corrected chi connectivity index (χ3v) is 6.70. The highest BCUT2D eigenvalue weighted by atomic mass is 15.4. The van der Waals surface area contributed by atoms with E-state index in [2.05, 4.69) is 43.7 Å². The fraction of sp³-hybridized carbons (Fsp3) is 0.375. The first kappa shape index (κ1) is 19.2. The molecule has 0 amide bonds. The molecule has 0 unspecified atom stereocenters. The molecule has 1 saturated carbocycles. The van der Waals surface area contributed by atoms with Crippen LogP contribution in [0.25, 0.3) is 23.0 Å². The lowest BCUT2D eigenvalue weighted by Crippen LogP contribution is -2.42. The average molecular weight is 427 g/mol. The highest BCUT2D eigenvalue weighted by molar-refractivity contribution is 5.64. The van der Waals surface area contributed by atoms with Crippen molar-refractivity contribution in [2.75, 3.05) is 4.90 Å². The lowest BCUT2D eigenvalue weighted by atomic mass is 10.0. The summed E-state index contributed by atoms with van der Waals surface area (Å²) in [5.41, 5.74) is 2.00. The van der Waals surface area contributed by atoms with Gasteiger partial charge in [-0.15, -0.1) is 10.2 Å². The number of nitrogens with zero attached hydrogens (tertiary/aromatic N) is 8. The number of aromatic nitrogens is 7. The minimum Gasteiger partial charge on any atom is -0.341 e. The van der Waals surface area contributed by atoms with Crippen LogP contribution in [-0.2, 0) is 0 Å². The number of benzene rings is 1. The molecule has 0 bridgehead atoms. The maximum atomic E-state index is 5.15. The molecular weight excluding hydrogens is 400 g/mol. The smallest absolute Gasteiger partial charge is 0.237 e. The second-order valence-electron chi connectivity index (χ2n) is 8.58. The van der Waals surface area contributed by atoms with Crippen LogP contribution in [0.2, 0.25) is 0 Å². The van der Waals surface area contributed by atoms with Crippen molar-refractivity contribution in [1.82, 2.24) is 34.3 Å². The van der Waals surface area contributed by atoms with Gasteiger partial charge in [-0.05, 0) is 26.2 Å². The summed E-state index contributed by atoms with van der Waals surface area (Å²) < 4.78 is 4.10. The van der Waals surface area contributed by atoms with Crippen LogP contribution in [0.15, 0.2) is 48.9 Å². The van der Waals surface area contributed by atoms with Gasteiger partial charge >= 0.3 is 0 Å². The fourth-order valence-corrected chi connectivity index (χ4v) is 5.24. The first-order valence-corrected chi connectivity index (χ1v) is 11.4. The molecule has 8 nitrogen and oxygen atoms in total. The summed E-state index contributed by atoms with van der Waals surface area (Å²) in [6.07, 6.45) is 11.5. The Kier molecular flexibility index (Phi) is 4.52. The summed E-state index contributed by atoms with van der Waals surface area (Å²) in [6.45, 7) is 4.22. The number of rotatable bonds is 4. The van der Waals surface area contributed by atoms with E-state index in [1.165, 1.54) is 25.7 Å². The quantitative estimate of drug-likeness (QED) is 0.480. The highest BCUT2D eigenvalue weighted by Gasteiger charge is 2.39. The Hall–Kier alpha value is -3.55. The fourth-order valence-electron chi connectivity index (χ4n) is 5.24. The van der Waals surface area contributed by atoms with E-state index in [-0.39, 0.29) is 6.04 Å². The van der Waals surface area contributed by atoms with E-state index in [0.717, 1.165) is 41.0 Å². The molecule has 32 heavy (non-hydrogen) atoms. The van der Waals surface area contributed by atoms with Crippen molar-refractivity contribution in [3.05, 3.63) is 60.6 Å². The van der Waals surface area contributed by atoms with E-state index in [9.17, 15) is 0 Å². The highest BCUT2D eigenvalue weighted by Crippen LogP contribution is 2.43. The van der Waals surface area contributed by atoms with Gasteiger partial charge in [0, 0.05) is 24.0 Å². The Bertz CT molecular complexity index is 1250. The molecule has 162 valence electrons. The summed E-state index contributed by atoms with van der Waals surface area (Å²) >= 11 is 0. The van der Waals surface area contributed by atoms with E-state index in [1.807, 2.05) is 42.1 Å². The Balaban J connectivity index is 1.53. The molecule has 1 aromatic carbocycles. The molecule has 1 atom stereocenters. The van der Waals surface area contributed by atoms with Crippen molar-refractivity contribution in [2.45, 2.75) is 58.0 Å².